The minimum atomic E-state index is -4.93. The number of hydrogen-bond acceptors (Lipinski definition) is 4. The largest absolute Gasteiger partial charge is 0.423 e. The molecule has 1 aliphatic heterocycles. The maximum absolute atomic E-state index is 13.3. The van der Waals surface area contributed by atoms with E-state index in [1.165, 1.54) is 18.2 Å². The number of aliphatic hydroxyl groups is 1. The van der Waals surface area contributed by atoms with Crippen LogP contribution >= 0.6 is 0 Å². The standard InChI is InChI=1S/C15H19F3N2O3/c16-15(17,18)14(22,10-4-2-1-3-5-10)9-20-13(21)12-7-6-11(8-19)23-12/h1-5,11-12,22H,6-9,19H2,(H,20,21)/t11-,12+,14?/m1/s1. The Balaban J connectivity index is 2.07. The maximum atomic E-state index is 13.3. The molecule has 0 radical (unpaired) electrons. The second-order valence-corrected chi connectivity index (χ2v) is 5.50. The zero-order chi connectivity index (χ0) is 17.1. The SMILES string of the molecule is NC[C@H]1CC[C@@H](C(=O)NCC(O)(c2ccccc2)C(F)(F)F)O1. The number of amides is 1. The van der Waals surface area contributed by atoms with Gasteiger partial charge < -0.3 is 20.9 Å². The van der Waals surface area contributed by atoms with E-state index in [0.717, 1.165) is 12.1 Å². The monoisotopic (exact) mass is 332 g/mol. The Morgan fingerprint density at radius 2 is 1.96 bits per heavy atom. The number of benzene rings is 1. The number of hydrogen-bond donors (Lipinski definition) is 3. The Morgan fingerprint density at radius 3 is 2.48 bits per heavy atom. The number of nitrogens with one attached hydrogen (secondary N) is 1. The van der Waals surface area contributed by atoms with E-state index in [0.29, 0.717) is 12.8 Å². The minimum Gasteiger partial charge on any atom is -0.375 e. The van der Waals surface area contributed by atoms with Gasteiger partial charge in [0.1, 0.15) is 6.10 Å². The van der Waals surface area contributed by atoms with Crippen molar-refractivity contribution < 1.29 is 27.8 Å². The first-order valence-corrected chi connectivity index (χ1v) is 7.26. The third-order valence-corrected chi connectivity index (χ3v) is 3.90. The fraction of sp³-hybridized carbons (Fsp3) is 0.533. The molecule has 1 unspecified atom stereocenters. The van der Waals surface area contributed by atoms with Gasteiger partial charge in [-0.05, 0) is 18.4 Å². The van der Waals surface area contributed by atoms with Gasteiger partial charge >= 0.3 is 6.18 Å². The van der Waals surface area contributed by atoms with Crippen molar-refractivity contribution in [2.45, 2.75) is 36.8 Å². The van der Waals surface area contributed by atoms with E-state index in [4.69, 9.17) is 10.5 Å². The van der Waals surface area contributed by atoms with E-state index in [1.54, 1.807) is 0 Å². The number of carbonyl (C=O) groups excluding carboxylic acids is 1. The van der Waals surface area contributed by atoms with Crippen molar-refractivity contribution in [1.29, 1.82) is 0 Å². The molecule has 8 heteroatoms. The minimum absolute atomic E-state index is 0.250. The molecule has 0 aromatic heterocycles. The van der Waals surface area contributed by atoms with Crippen LogP contribution in [-0.4, -0.2) is 42.5 Å². The fourth-order valence-corrected chi connectivity index (χ4v) is 2.48. The summed E-state index contributed by atoms with van der Waals surface area (Å²) in [6.45, 7) is -0.729. The van der Waals surface area contributed by atoms with Gasteiger partial charge in [-0.3, -0.25) is 4.79 Å². The summed E-state index contributed by atoms with van der Waals surface area (Å²) >= 11 is 0. The lowest BCUT2D eigenvalue weighted by Gasteiger charge is -2.31. The molecule has 1 fully saturated rings. The van der Waals surface area contributed by atoms with Gasteiger partial charge in [0.05, 0.1) is 12.6 Å². The quantitative estimate of drug-likeness (QED) is 0.753. The van der Waals surface area contributed by atoms with Crippen molar-refractivity contribution in [1.82, 2.24) is 5.32 Å². The molecule has 23 heavy (non-hydrogen) atoms. The van der Waals surface area contributed by atoms with E-state index in [1.807, 2.05) is 0 Å². The summed E-state index contributed by atoms with van der Waals surface area (Å²) in [5, 5.41) is 12.2. The van der Waals surface area contributed by atoms with Gasteiger partial charge in [-0.2, -0.15) is 13.2 Å². The second-order valence-electron chi connectivity index (χ2n) is 5.50. The van der Waals surface area contributed by atoms with Gasteiger partial charge in [-0.1, -0.05) is 30.3 Å². The number of rotatable bonds is 5. The van der Waals surface area contributed by atoms with Gasteiger partial charge in [-0.25, -0.2) is 0 Å². The molecule has 1 saturated heterocycles. The predicted octanol–water partition coefficient (Wildman–Crippen LogP) is 1.06. The second kappa shape index (κ2) is 6.86. The van der Waals surface area contributed by atoms with Crippen LogP contribution in [0.2, 0.25) is 0 Å². The normalized spacial score (nSPS) is 24.2. The number of alkyl halides is 3. The molecule has 0 aliphatic carbocycles. The maximum Gasteiger partial charge on any atom is 0.423 e. The third-order valence-electron chi connectivity index (χ3n) is 3.90. The van der Waals surface area contributed by atoms with Crippen LogP contribution in [0.25, 0.3) is 0 Å². The van der Waals surface area contributed by atoms with Crippen LogP contribution in [-0.2, 0) is 15.1 Å². The Bertz CT molecular complexity index is 539. The highest BCUT2D eigenvalue weighted by atomic mass is 19.4. The summed E-state index contributed by atoms with van der Waals surface area (Å²) < 4.78 is 45.2. The molecule has 1 amide bonds. The Hall–Kier alpha value is -1.64. The molecule has 3 atom stereocenters. The van der Waals surface area contributed by atoms with Gasteiger partial charge in [-0.15, -0.1) is 0 Å². The van der Waals surface area contributed by atoms with Crippen molar-refractivity contribution in [3.63, 3.8) is 0 Å². The molecule has 2 rings (SSSR count). The lowest BCUT2D eigenvalue weighted by atomic mass is 9.93. The summed E-state index contributed by atoms with van der Waals surface area (Å²) in [7, 11) is 0. The first kappa shape index (κ1) is 17.7. The Morgan fingerprint density at radius 1 is 1.30 bits per heavy atom. The zero-order valence-electron chi connectivity index (χ0n) is 12.3. The van der Waals surface area contributed by atoms with E-state index in [9.17, 15) is 23.1 Å². The number of nitrogens with two attached hydrogens (primary N) is 1. The number of carbonyl (C=O) groups is 1. The topological polar surface area (TPSA) is 84.6 Å². The lowest BCUT2D eigenvalue weighted by Crippen LogP contribution is -2.52. The first-order chi connectivity index (χ1) is 10.8. The fourth-order valence-electron chi connectivity index (χ4n) is 2.48. The average Bonchev–Trinajstić information content (AvgIpc) is 3.01. The average molecular weight is 332 g/mol. The highest BCUT2D eigenvalue weighted by molar-refractivity contribution is 5.81. The summed E-state index contributed by atoms with van der Waals surface area (Å²) in [6, 6.07) is 6.64. The van der Waals surface area contributed by atoms with Crippen LogP contribution in [0, 0.1) is 0 Å². The molecule has 4 N–H and O–H groups in total. The van der Waals surface area contributed by atoms with E-state index in [2.05, 4.69) is 5.32 Å². The summed E-state index contributed by atoms with van der Waals surface area (Å²) in [5.74, 6) is -0.681. The lowest BCUT2D eigenvalue weighted by molar-refractivity contribution is -0.264. The van der Waals surface area contributed by atoms with Crippen LogP contribution in [0.4, 0.5) is 13.2 Å². The van der Waals surface area contributed by atoms with Crippen molar-refractivity contribution in [3.05, 3.63) is 35.9 Å². The van der Waals surface area contributed by atoms with Crippen LogP contribution in [0.15, 0.2) is 30.3 Å². The molecule has 0 spiro atoms. The molecule has 0 bridgehead atoms. The number of ether oxygens (including phenoxy) is 1. The molecule has 5 nitrogen and oxygen atoms in total. The molecule has 0 saturated carbocycles. The van der Waals surface area contributed by atoms with Crippen LogP contribution < -0.4 is 11.1 Å². The molecular formula is C15H19F3N2O3. The molecule has 128 valence electrons. The van der Waals surface area contributed by atoms with Crippen LogP contribution in [0.1, 0.15) is 18.4 Å². The summed E-state index contributed by atoms with van der Waals surface area (Å²) in [5.41, 5.74) is 1.94. The zero-order valence-corrected chi connectivity index (χ0v) is 12.3. The molecule has 1 heterocycles. The smallest absolute Gasteiger partial charge is 0.375 e. The van der Waals surface area contributed by atoms with Crippen LogP contribution in [0.3, 0.4) is 0 Å². The van der Waals surface area contributed by atoms with Gasteiger partial charge in [0, 0.05) is 6.54 Å². The van der Waals surface area contributed by atoms with Crippen molar-refractivity contribution in [3.8, 4) is 0 Å². The Labute approximate surface area is 131 Å². The molecule has 1 aliphatic rings. The Kier molecular flexibility index (Phi) is 5.28. The summed E-state index contributed by atoms with van der Waals surface area (Å²) in [4.78, 5) is 12.0. The highest BCUT2D eigenvalue weighted by Crippen LogP contribution is 2.38. The molecule has 1 aromatic carbocycles. The first-order valence-electron chi connectivity index (χ1n) is 7.26. The van der Waals surface area contributed by atoms with E-state index in [-0.39, 0.29) is 18.2 Å². The van der Waals surface area contributed by atoms with Gasteiger partial charge in [0.2, 0.25) is 11.5 Å². The van der Waals surface area contributed by atoms with E-state index < -0.39 is 30.3 Å². The van der Waals surface area contributed by atoms with Crippen molar-refractivity contribution in [2.75, 3.05) is 13.1 Å². The highest BCUT2D eigenvalue weighted by Gasteiger charge is 2.55. The third kappa shape index (κ3) is 3.82. The van der Waals surface area contributed by atoms with Crippen molar-refractivity contribution >= 4 is 5.91 Å². The van der Waals surface area contributed by atoms with Gasteiger partial charge in [0.15, 0.2) is 0 Å². The predicted molar refractivity (Wildman–Crippen MR) is 76.4 cm³/mol. The molecule has 1 aromatic rings. The van der Waals surface area contributed by atoms with E-state index >= 15 is 0 Å². The molecular weight excluding hydrogens is 313 g/mol. The summed E-state index contributed by atoms with van der Waals surface area (Å²) in [6.07, 6.45) is -5.06. The number of halogens is 3. The van der Waals surface area contributed by atoms with Crippen molar-refractivity contribution in [2.24, 2.45) is 5.73 Å². The van der Waals surface area contributed by atoms with Crippen LogP contribution in [0.5, 0.6) is 0 Å². The van der Waals surface area contributed by atoms with Gasteiger partial charge in [0.25, 0.3) is 0 Å².